The zero-order valence-electron chi connectivity index (χ0n) is 13.9. The number of carbonyl (C=O) groups excluding carboxylic acids is 2. The summed E-state index contributed by atoms with van der Waals surface area (Å²) < 4.78 is 5.21. The molecule has 0 atom stereocenters. The molecular weight excluding hydrogens is 316 g/mol. The molecule has 1 N–H and O–H groups in total. The lowest BCUT2D eigenvalue weighted by Crippen LogP contribution is -2.29. The van der Waals surface area contributed by atoms with Gasteiger partial charge in [-0.05, 0) is 27.2 Å². The molecule has 0 unspecified atom stereocenters. The molecule has 7 nitrogen and oxygen atoms in total. The summed E-state index contributed by atoms with van der Waals surface area (Å²) in [5.41, 5.74) is 0.390. The molecule has 128 valence electrons. The Hall–Kier alpha value is -1.67. The summed E-state index contributed by atoms with van der Waals surface area (Å²) in [7, 11) is 0. The average Bonchev–Trinajstić information content (AvgIpc) is 2.74. The average molecular weight is 340 g/mol. The monoisotopic (exact) mass is 340 g/mol. The van der Waals surface area contributed by atoms with Crippen molar-refractivity contribution >= 4 is 29.0 Å². The third-order valence-corrected chi connectivity index (χ3v) is 4.12. The molecule has 1 saturated heterocycles. The van der Waals surface area contributed by atoms with E-state index in [1.54, 1.807) is 4.90 Å². The second kappa shape index (κ2) is 7.74. The summed E-state index contributed by atoms with van der Waals surface area (Å²) >= 11 is 1.39. The minimum absolute atomic E-state index is 0.491. The van der Waals surface area contributed by atoms with Gasteiger partial charge in [-0.1, -0.05) is 0 Å². The van der Waals surface area contributed by atoms with Gasteiger partial charge in [0.2, 0.25) is 6.41 Å². The Kier molecular flexibility index (Phi) is 5.95. The molecule has 0 bridgehead atoms. The number of nitrogens with zero attached hydrogens (tertiary/aromatic N) is 3. The molecule has 8 heteroatoms. The van der Waals surface area contributed by atoms with E-state index in [0.29, 0.717) is 5.13 Å². The lowest BCUT2D eigenvalue weighted by Gasteiger charge is -2.19. The maximum Gasteiger partial charge on any atom is 0.413 e. The summed E-state index contributed by atoms with van der Waals surface area (Å²) in [6, 6.07) is 0. The second-order valence-electron chi connectivity index (χ2n) is 6.54. The van der Waals surface area contributed by atoms with Crippen LogP contribution in [0.5, 0.6) is 0 Å². The molecule has 0 aliphatic carbocycles. The molecule has 1 aromatic heterocycles. The molecule has 0 saturated carbocycles. The molecule has 0 spiro atoms. The number of ether oxygens (including phenoxy) is 1. The van der Waals surface area contributed by atoms with E-state index in [4.69, 9.17) is 4.74 Å². The van der Waals surface area contributed by atoms with Crippen LogP contribution in [0.3, 0.4) is 0 Å². The minimum atomic E-state index is -0.527. The van der Waals surface area contributed by atoms with Gasteiger partial charge in [-0.2, -0.15) is 0 Å². The van der Waals surface area contributed by atoms with Crippen LogP contribution in [0.15, 0.2) is 5.38 Å². The number of aromatic nitrogens is 1. The number of thiazole rings is 1. The van der Waals surface area contributed by atoms with Gasteiger partial charge in [-0.3, -0.25) is 15.0 Å². The van der Waals surface area contributed by atoms with Gasteiger partial charge >= 0.3 is 6.09 Å². The number of carbonyl (C=O) groups is 2. The van der Waals surface area contributed by atoms with Crippen molar-refractivity contribution in [2.24, 2.45) is 0 Å². The highest BCUT2D eigenvalue weighted by Crippen LogP contribution is 2.18. The summed E-state index contributed by atoms with van der Waals surface area (Å²) in [5, 5.41) is 5.14. The predicted octanol–water partition coefficient (Wildman–Crippen LogP) is 2.15. The zero-order valence-corrected chi connectivity index (χ0v) is 14.7. The molecule has 0 aromatic carbocycles. The first-order valence-corrected chi connectivity index (χ1v) is 8.60. The third-order valence-electron chi connectivity index (χ3n) is 3.32. The Morgan fingerprint density at radius 2 is 2.17 bits per heavy atom. The van der Waals surface area contributed by atoms with Gasteiger partial charge in [-0.15, -0.1) is 11.3 Å². The van der Waals surface area contributed by atoms with Crippen LogP contribution in [0.4, 0.5) is 9.93 Å². The van der Waals surface area contributed by atoms with E-state index in [-0.39, 0.29) is 0 Å². The minimum Gasteiger partial charge on any atom is -0.444 e. The topological polar surface area (TPSA) is 74.8 Å². The predicted molar refractivity (Wildman–Crippen MR) is 89.5 cm³/mol. The molecule has 2 heterocycles. The van der Waals surface area contributed by atoms with Crippen LogP contribution in [0.2, 0.25) is 0 Å². The summed E-state index contributed by atoms with van der Waals surface area (Å²) in [6.07, 6.45) is 1.39. The molecule has 2 rings (SSSR count). The van der Waals surface area contributed by atoms with E-state index in [2.05, 4.69) is 15.2 Å². The Morgan fingerprint density at radius 3 is 2.87 bits per heavy atom. The fourth-order valence-corrected chi connectivity index (χ4v) is 3.00. The molecule has 23 heavy (non-hydrogen) atoms. The lowest BCUT2D eigenvalue weighted by molar-refractivity contribution is -0.118. The largest absolute Gasteiger partial charge is 0.444 e. The number of amides is 2. The Balaban J connectivity index is 1.85. The van der Waals surface area contributed by atoms with Crippen LogP contribution in [0.25, 0.3) is 0 Å². The quantitative estimate of drug-likeness (QED) is 0.850. The van der Waals surface area contributed by atoms with Crippen LogP contribution in [-0.4, -0.2) is 59.1 Å². The highest BCUT2D eigenvalue weighted by molar-refractivity contribution is 7.13. The summed E-state index contributed by atoms with van der Waals surface area (Å²) in [4.78, 5) is 31.1. The molecule has 1 aromatic rings. The van der Waals surface area contributed by atoms with Crippen LogP contribution < -0.4 is 5.32 Å². The van der Waals surface area contributed by atoms with Gasteiger partial charge < -0.3 is 9.64 Å². The maximum atomic E-state index is 11.7. The fraction of sp³-hybridized carbons (Fsp3) is 0.667. The maximum absolute atomic E-state index is 11.7. The first-order chi connectivity index (χ1) is 10.9. The van der Waals surface area contributed by atoms with Crippen molar-refractivity contribution in [3.8, 4) is 0 Å². The van der Waals surface area contributed by atoms with Crippen molar-refractivity contribution in [2.75, 3.05) is 31.5 Å². The van der Waals surface area contributed by atoms with Crippen LogP contribution >= 0.6 is 11.3 Å². The van der Waals surface area contributed by atoms with E-state index < -0.39 is 11.7 Å². The van der Waals surface area contributed by atoms with E-state index >= 15 is 0 Å². The Labute approximate surface area is 140 Å². The summed E-state index contributed by atoms with van der Waals surface area (Å²) in [6.45, 7) is 9.52. The Morgan fingerprint density at radius 1 is 1.39 bits per heavy atom. The van der Waals surface area contributed by atoms with E-state index in [1.165, 1.54) is 11.3 Å². The first kappa shape index (κ1) is 17.7. The van der Waals surface area contributed by atoms with Gasteiger partial charge in [0.25, 0.3) is 0 Å². The number of rotatable bonds is 4. The molecule has 0 radical (unpaired) electrons. The van der Waals surface area contributed by atoms with Crippen molar-refractivity contribution in [2.45, 2.75) is 39.3 Å². The van der Waals surface area contributed by atoms with Gasteiger partial charge in [0.1, 0.15) is 5.60 Å². The van der Waals surface area contributed by atoms with Gasteiger partial charge in [0.05, 0.1) is 5.69 Å². The van der Waals surface area contributed by atoms with Gasteiger partial charge in [-0.25, -0.2) is 9.78 Å². The van der Waals surface area contributed by atoms with E-state index in [9.17, 15) is 9.59 Å². The standard InChI is InChI=1S/C15H24N4O3S/c1-15(2,3)22-14(21)17-13-16-12(10-23-13)9-18-5-4-6-19(11-20)8-7-18/h10-11H,4-9H2,1-3H3,(H,16,17,21). The lowest BCUT2D eigenvalue weighted by atomic mass is 10.2. The highest BCUT2D eigenvalue weighted by atomic mass is 32.1. The molecule has 2 amide bonds. The highest BCUT2D eigenvalue weighted by Gasteiger charge is 2.18. The first-order valence-electron chi connectivity index (χ1n) is 7.72. The molecule has 1 aliphatic heterocycles. The number of hydrogen-bond donors (Lipinski definition) is 1. The number of nitrogens with one attached hydrogen (secondary N) is 1. The normalized spacial score (nSPS) is 16.7. The van der Waals surface area contributed by atoms with Crippen molar-refractivity contribution in [1.29, 1.82) is 0 Å². The fourth-order valence-electron chi connectivity index (χ4n) is 2.31. The SMILES string of the molecule is CC(C)(C)OC(=O)Nc1nc(CN2CCCN(C=O)CC2)cs1. The molecular formula is C15H24N4O3S. The van der Waals surface area contributed by atoms with Crippen molar-refractivity contribution in [3.05, 3.63) is 11.1 Å². The number of anilines is 1. The molecule has 1 aliphatic rings. The third kappa shape index (κ3) is 6.15. The second-order valence-corrected chi connectivity index (χ2v) is 7.40. The summed E-state index contributed by atoms with van der Waals surface area (Å²) in [5.74, 6) is 0. The molecule has 1 fully saturated rings. The van der Waals surface area contributed by atoms with Crippen LogP contribution in [-0.2, 0) is 16.1 Å². The zero-order chi connectivity index (χ0) is 16.9. The van der Waals surface area contributed by atoms with Gasteiger partial charge in [0, 0.05) is 38.1 Å². The van der Waals surface area contributed by atoms with E-state index in [0.717, 1.165) is 51.2 Å². The van der Waals surface area contributed by atoms with Crippen molar-refractivity contribution in [3.63, 3.8) is 0 Å². The van der Waals surface area contributed by atoms with Crippen LogP contribution in [0, 0.1) is 0 Å². The van der Waals surface area contributed by atoms with Gasteiger partial charge in [0.15, 0.2) is 5.13 Å². The van der Waals surface area contributed by atoms with E-state index in [1.807, 2.05) is 26.2 Å². The van der Waals surface area contributed by atoms with Crippen molar-refractivity contribution < 1.29 is 14.3 Å². The van der Waals surface area contributed by atoms with Crippen molar-refractivity contribution in [1.82, 2.24) is 14.8 Å². The smallest absolute Gasteiger partial charge is 0.413 e. The number of hydrogen-bond acceptors (Lipinski definition) is 6. The van der Waals surface area contributed by atoms with Crippen LogP contribution in [0.1, 0.15) is 32.9 Å². The Bertz CT molecular complexity index is 541.